The third kappa shape index (κ3) is 6.05. The molecular weight excluding hydrogens is 507 g/mol. The molecule has 0 unspecified atom stereocenters. The number of amides is 3. The Labute approximate surface area is 215 Å². The number of anilines is 1. The molecule has 1 aliphatic rings. The lowest BCUT2D eigenvalue weighted by Crippen LogP contribution is -2.27. The van der Waals surface area contributed by atoms with Gasteiger partial charge in [-0.3, -0.25) is 19.3 Å². The van der Waals surface area contributed by atoms with Crippen LogP contribution in [0.2, 0.25) is 5.02 Å². The maximum Gasteiger partial charge on any atom is 0.293 e. The van der Waals surface area contributed by atoms with Crippen LogP contribution < -0.4 is 14.8 Å². The average molecular weight is 527 g/mol. The summed E-state index contributed by atoms with van der Waals surface area (Å²) >= 11 is 6.72. The Morgan fingerprint density at radius 3 is 2.50 bits per heavy atom. The maximum atomic E-state index is 13.1. The highest BCUT2D eigenvalue weighted by Crippen LogP contribution is 2.38. The highest BCUT2D eigenvalue weighted by atomic mass is 35.5. The van der Waals surface area contributed by atoms with Crippen LogP contribution in [0.25, 0.3) is 6.08 Å². The summed E-state index contributed by atoms with van der Waals surface area (Å²) in [6, 6.07) is 17.2. The van der Waals surface area contributed by atoms with E-state index in [9.17, 15) is 18.8 Å². The van der Waals surface area contributed by atoms with Crippen LogP contribution in [-0.2, 0) is 16.1 Å². The predicted molar refractivity (Wildman–Crippen MR) is 136 cm³/mol. The van der Waals surface area contributed by atoms with Gasteiger partial charge in [0, 0.05) is 16.3 Å². The molecule has 0 bridgehead atoms. The van der Waals surface area contributed by atoms with Gasteiger partial charge in [0.1, 0.15) is 5.82 Å². The lowest BCUT2D eigenvalue weighted by Gasteiger charge is -2.14. The number of hydrogen-bond donors (Lipinski definition) is 1. The van der Waals surface area contributed by atoms with Gasteiger partial charge in [-0.1, -0.05) is 35.9 Å². The normalized spacial score (nSPS) is 14.3. The monoisotopic (exact) mass is 526 g/mol. The third-order valence-corrected chi connectivity index (χ3v) is 6.28. The summed E-state index contributed by atoms with van der Waals surface area (Å²) in [4.78, 5) is 39.2. The molecule has 0 aliphatic carbocycles. The minimum atomic E-state index is -0.471. The molecule has 184 valence electrons. The number of carbonyl (C=O) groups excluding carboxylic acids is 3. The molecule has 0 radical (unpaired) electrons. The Balaban J connectivity index is 1.50. The molecule has 3 aromatic rings. The van der Waals surface area contributed by atoms with Gasteiger partial charge in [-0.05, 0) is 65.9 Å². The number of hydrogen-bond acceptors (Lipinski definition) is 6. The van der Waals surface area contributed by atoms with Gasteiger partial charge < -0.3 is 14.8 Å². The van der Waals surface area contributed by atoms with E-state index < -0.39 is 22.9 Å². The zero-order valence-electron chi connectivity index (χ0n) is 19.0. The largest absolute Gasteiger partial charge is 0.493 e. The minimum absolute atomic E-state index is 0.115. The number of nitrogens with one attached hydrogen (secondary N) is 1. The van der Waals surface area contributed by atoms with Crippen LogP contribution in [0.4, 0.5) is 14.9 Å². The third-order valence-electron chi connectivity index (χ3n) is 5.12. The van der Waals surface area contributed by atoms with Gasteiger partial charge in [0.2, 0.25) is 0 Å². The molecular formula is C26H20ClFN2O5S. The lowest BCUT2D eigenvalue weighted by atomic mass is 10.1. The molecule has 1 saturated heterocycles. The van der Waals surface area contributed by atoms with Gasteiger partial charge in [0.15, 0.2) is 18.1 Å². The second-order valence-corrected chi connectivity index (χ2v) is 9.05. The van der Waals surface area contributed by atoms with Crippen LogP contribution in [0, 0.1) is 5.82 Å². The highest BCUT2D eigenvalue weighted by molar-refractivity contribution is 8.18. The first-order valence-electron chi connectivity index (χ1n) is 10.7. The zero-order chi connectivity index (χ0) is 25.7. The van der Waals surface area contributed by atoms with E-state index in [1.807, 2.05) is 0 Å². The van der Waals surface area contributed by atoms with E-state index in [1.54, 1.807) is 42.5 Å². The Morgan fingerprint density at radius 2 is 1.81 bits per heavy atom. The number of methoxy groups -OCH3 is 1. The van der Waals surface area contributed by atoms with Crippen molar-refractivity contribution in [2.24, 2.45) is 0 Å². The quantitative estimate of drug-likeness (QED) is 0.377. The van der Waals surface area contributed by atoms with Crippen LogP contribution in [0.15, 0.2) is 71.6 Å². The Hall–Kier alpha value is -3.82. The van der Waals surface area contributed by atoms with Crippen molar-refractivity contribution in [3.8, 4) is 11.5 Å². The summed E-state index contributed by atoms with van der Waals surface area (Å²) in [5.41, 5.74) is 1.64. The number of thioether (sulfide) groups is 1. The van der Waals surface area contributed by atoms with E-state index in [0.717, 1.165) is 22.2 Å². The zero-order valence-corrected chi connectivity index (χ0v) is 20.6. The number of rotatable bonds is 8. The number of para-hydroxylation sites is 1. The van der Waals surface area contributed by atoms with Crippen LogP contribution in [0.5, 0.6) is 11.5 Å². The van der Waals surface area contributed by atoms with Crippen molar-refractivity contribution in [1.82, 2.24) is 4.90 Å². The molecule has 1 aliphatic heterocycles. The number of benzene rings is 3. The Kier molecular flexibility index (Phi) is 7.92. The first-order valence-corrected chi connectivity index (χ1v) is 11.9. The molecule has 3 amide bonds. The van der Waals surface area contributed by atoms with E-state index in [0.29, 0.717) is 22.0 Å². The van der Waals surface area contributed by atoms with Crippen molar-refractivity contribution in [3.63, 3.8) is 0 Å². The van der Waals surface area contributed by atoms with E-state index in [1.165, 1.54) is 37.5 Å². The molecule has 1 N–H and O–H groups in total. The van der Waals surface area contributed by atoms with Crippen molar-refractivity contribution >= 4 is 52.2 Å². The molecule has 0 spiro atoms. The second kappa shape index (κ2) is 11.3. The Morgan fingerprint density at radius 1 is 1.08 bits per heavy atom. The SMILES string of the molecule is COc1cccc(/C=C2/SC(=O)N(Cc3ccc(Cl)cc3)C2=O)c1OCC(=O)Nc1ccc(F)cc1. The van der Waals surface area contributed by atoms with Crippen LogP contribution in [0.3, 0.4) is 0 Å². The van der Waals surface area contributed by atoms with Crippen molar-refractivity contribution < 1.29 is 28.2 Å². The molecule has 10 heteroatoms. The first kappa shape index (κ1) is 25.3. The average Bonchev–Trinajstić information content (AvgIpc) is 3.13. The first-order chi connectivity index (χ1) is 17.3. The maximum absolute atomic E-state index is 13.1. The molecule has 36 heavy (non-hydrogen) atoms. The van der Waals surface area contributed by atoms with Crippen LogP contribution in [0.1, 0.15) is 11.1 Å². The fourth-order valence-electron chi connectivity index (χ4n) is 3.38. The molecule has 7 nitrogen and oxygen atoms in total. The van der Waals surface area contributed by atoms with E-state index in [4.69, 9.17) is 21.1 Å². The minimum Gasteiger partial charge on any atom is -0.493 e. The number of halogens is 2. The summed E-state index contributed by atoms with van der Waals surface area (Å²) in [5.74, 6) is -0.748. The number of ether oxygens (including phenoxy) is 2. The van der Waals surface area contributed by atoms with Crippen molar-refractivity contribution in [2.75, 3.05) is 19.0 Å². The molecule has 3 aromatic carbocycles. The number of nitrogens with zero attached hydrogens (tertiary/aromatic N) is 1. The summed E-state index contributed by atoms with van der Waals surface area (Å²) in [5, 5.41) is 2.77. The topological polar surface area (TPSA) is 84.9 Å². The van der Waals surface area contributed by atoms with Crippen LogP contribution in [-0.4, -0.2) is 35.7 Å². The molecule has 0 atom stereocenters. The predicted octanol–water partition coefficient (Wildman–Crippen LogP) is 5.74. The lowest BCUT2D eigenvalue weighted by molar-refractivity contribution is -0.123. The van der Waals surface area contributed by atoms with E-state index >= 15 is 0 Å². The fourth-order valence-corrected chi connectivity index (χ4v) is 4.33. The smallest absolute Gasteiger partial charge is 0.293 e. The van der Waals surface area contributed by atoms with Gasteiger partial charge in [0.05, 0.1) is 18.6 Å². The highest BCUT2D eigenvalue weighted by Gasteiger charge is 2.35. The molecule has 0 aromatic heterocycles. The van der Waals surface area contributed by atoms with Gasteiger partial charge in [-0.2, -0.15) is 0 Å². The van der Waals surface area contributed by atoms with Crippen molar-refractivity contribution in [1.29, 1.82) is 0 Å². The van der Waals surface area contributed by atoms with E-state index in [2.05, 4.69) is 5.32 Å². The van der Waals surface area contributed by atoms with Gasteiger partial charge in [-0.15, -0.1) is 0 Å². The second-order valence-electron chi connectivity index (χ2n) is 7.62. The molecule has 1 fully saturated rings. The summed E-state index contributed by atoms with van der Waals surface area (Å²) in [6.45, 7) is -0.249. The number of carbonyl (C=O) groups is 3. The standard InChI is InChI=1S/C26H20ClFN2O5S/c1-34-21-4-2-3-17(24(21)35-15-23(31)29-20-11-9-19(28)10-12-20)13-22-25(32)30(26(33)36-22)14-16-5-7-18(27)8-6-16/h2-13H,14-15H2,1H3,(H,29,31)/b22-13+. The molecule has 1 heterocycles. The van der Waals surface area contributed by atoms with Gasteiger partial charge >= 0.3 is 0 Å². The van der Waals surface area contributed by atoms with E-state index in [-0.39, 0.29) is 23.8 Å². The summed E-state index contributed by atoms with van der Waals surface area (Å²) in [7, 11) is 1.45. The van der Waals surface area contributed by atoms with Crippen molar-refractivity contribution in [2.45, 2.75) is 6.54 Å². The van der Waals surface area contributed by atoms with Crippen molar-refractivity contribution in [3.05, 3.63) is 93.6 Å². The fraction of sp³-hybridized carbons (Fsp3) is 0.115. The molecule has 4 rings (SSSR count). The Bertz CT molecular complexity index is 1330. The summed E-state index contributed by atoms with van der Waals surface area (Å²) < 4.78 is 24.2. The van der Waals surface area contributed by atoms with Crippen LogP contribution >= 0.6 is 23.4 Å². The van der Waals surface area contributed by atoms with Gasteiger partial charge in [0.25, 0.3) is 17.1 Å². The summed E-state index contributed by atoms with van der Waals surface area (Å²) in [6.07, 6.45) is 1.53. The molecule has 0 saturated carbocycles. The van der Waals surface area contributed by atoms with Gasteiger partial charge in [-0.25, -0.2) is 4.39 Å². The number of imide groups is 1.